The molecule has 1 unspecified atom stereocenters. The molecule has 0 bridgehead atoms. The Labute approximate surface area is 92.3 Å². The van der Waals surface area contributed by atoms with E-state index >= 15 is 0 Å². The van der Waals surface area contributed by atoms with Gasteiger partial charge in [0.25, 0.3) is 0 Å². The van der Waals surface area contributed by atoms with E-state index in [1.165, 1.54) is 5.56 Å². The van der Waals surface area contributed by atoms with Crippen LogP contribution in [0, 0.1) is 0 Å². The van der Waals surface area contributed by atoms with Crippen molar-refractivity contribution in [1.29, 1.82) is 0 Å². The molecule has 0 aromatic heterocycles. The first-order valence-corrected chi connectivity index (χ1v) is 5.45. The minimum atomic E-state index is -0.787. The topological polar surface area (TPSA) is 32.3 Å². The normalized spacial score (nSPS) is 15.3. The van der Waals surface area contributed by atoms with Crippen LogP contribution in [-0.4, -0.2) is 18.7 Å². The lowest BCUT2D eigenvalue weighted by Crippen LogP contribution is -2.33. The molecule has 1 atom stereocenters. The molecule has 84 valence electrons. The van der Waals surface area contributed by atoms with E-state index in [2.05, 4.69) is 31.3 Å². The average molecular weight is 207 g/mol. The fourth-order valence-electron chi connectivity index (χ4n) is 1.67. The summed E-state index contributed by atoms with van der Waals surface area (Å²) in [6.07, 6.45) is 0. The summed E-state index contributed by atoms with van der Waals surface area (Å²) in [5.41, 5.74) is 1.48. The van der Waals surface area contributed by atoms with Crippen LogP contribution < -0.4 is 5.32 Å². The third-order valence-corrected chi connectivity index (χ3v) is 2.72. The monoisotopic (exact) mass is 207 g/mol. The standard InChI is InChI=1S/C13H21NO/c1-10(2)11-5-7-12(8-6-11)13(3,15)9-14-4/h5-8,10,14-15H,9H2,1-4H3. The summed E-state index contributed by atoms with van der Waals surface area (Å²) >= 11 is 0. The Kier molecular flexibility index (Phi) is 3.89. The number of hydrogen-bond donors (Lipinski definition) is 2. The van der Waals surface area contributed by atoms with Gasteiger partial charge in [-0.05, 0) is 31.0 Å². The van der Waals surface area contributed by atoms with Crippen LogP contribution in [0.2, 0.25) is 0 Å². The molecule has 15 heavy (non-hydrogen) atoms. The van der Waals surface area contributed by atoms with Crippen LogP contribution in [-0.2, 0) is 5.60 Å². The third kappa shape index (κ3) is 3.05. The van der Waals surface area contributed by atoms with Crippen molar-refractivity contribution in [2.75, 3.05) is 13.6 Å². The average Bonchev–Trinajstić information content (AvgIpc) is 2.18. The van der Waals surface area contributed by atoms with Crippen molar-refractivity contribution >= 4 is 0 Å². The highest BCUT2D eigenvalue weighted by atomic mass is 16.3. The Hall–Kier alpha value is -0.860. The Morgan fingerprint density at radius 2 is 1.80 bits per heavy atom. The van der Waals surface area contributed by atoms with E-state index < -0.39 is 5.60 Å². The number of rotatable bonds is 4. The molecule has 0 radical (unpaired) electrons. The summed E-state index contributed by atoms with van der Waals surface area (Å²) in [5, 5.41) is 13.1. The summed E-state index contributed by atoms with van der Waals surface area (Å²) in [5.74, 6) is 0.535. The van der Waals surface area contributed by atoms with Crippen LogP contribution in [0.25, 0.3) is 0 Å². The molecule has 0 aliphatic rings. The lowest BCUT2D eigenvalue weighted by molar-refractivity contribution is 0.0591. The molecule has 0 heterocycles. The quantitative estimate of drug-likeness (QED) is 0.793. The summed E-state index contributed by atoms with van der Waals surface area (Å²) in [7, 11) is 1.84. The van der Waals surface area contributed by atoms with E-state index in [1.807, 2.05) is 26.1 Å². The van der Waals surface area contributed by atoms with Gasteiger partial charge in [0.15, 0.2) is 0 Å². The summed E-state index contributed by atoms with van der Waals surface area (Å²) in [6.45, 7) is 6.73. The predicted octanol–water partition coefficient (Wildman–Crippen LogP) is 2.24. The third-order valence-electron chi connectivity index (χ3n) is 2.72. The highest BCUT2D eigenvalue weighted by Gasteiger charge is 2.21. The molecule has 2 heteroatoms. The second-order valence-electron chi connectivity index (χ2n) is 4.58. The van der Waals surface area contributed by atoms with Crippen LogP contribution in [0.5, 0.6) is 0 Å². The fourth-order valence-corrected chi connectivity index (χ4v) is 1.67. The van der Waals surface area contributed by atoms with Crippen LogP contribution >= 0.6 is 0 Å². The van der Waals surface area contributed by atoms with Gasteiger partial charge < -0.3 is 10.4 Å². The minimum Gasteiger partial charge on any atom is -0.384 e. The molecule has 2 N–H and O–H groups in total. The van der Waals surface area contributed by atoms with Crippen LogP contribution in [0.3, 0.4) is 0 Å². The van der Waals surface area contributed by atoms with Gasteiger partial charge in [-0.1, -0.05) is 38.1 Å². The van der Waals surface area contributed by atoms with Crippen molar-refractivity contribution in [2.24, 2.45) is 0 Å². The Morgan fingerprint density at radius 3 is 2.20 bits per heavy atom. The Bertz CT molecular complexity index is 301. The molecule has 2 nitrogen and oxygen atoms in total. The van der Waals surface area contributed by atoms with Crippen molar-refractivity contribution in [2.45, 2.75) is 32.3 Å². The summed E-state index contributed by atoms with van der Waals surface area (Å²) in [6, 6.07) is 8.19. The van der Waals surface area contributed by atoms with Gasteiger partial charge >= 0.3 is 0 Å². The first-order chi connectivity index (χ1) is 6.97. The molecule has 0 fully saturated rings. The van der Waals surface area contributed by atoms with E-state index in [0.717, 1.165) is 5.56 Å². The number of benzene rings is 1. The van der Waals surface area contributed by atoms with E-state index in [4.69, 9.17) is 0 Å². The molecule has 1 aromatic rings. The molecule has 0 saturated carbocycles. The van der Waals surface area contributed by atoms with Gasteiger partial charge in [-0.15, -0.1) is 0 Å². The largest absolute Gasteiger partial charge is 0.384 e. The zero-order valence-corrected chi connectivity index (χ0v) is 10.0. The maximum absolute atomic E-state index is 10.2. The van der Waals surface area contributed by atoms with E-state index in [-0.39, 0.29) is 0 Å². The van der Waals surface area contributed by atoms with Gasteiger partial charge in [-0.3, -0.25) is 0 Å². The maximum Gasteiger partial charge on any atom is 0.0992 e. The second-order valence-corrected chi connectivity index (χ2v) is 4.58. The number of likely N-dealkylation sites (N-methyl/N-ethyl adjacent to an activating group) is 1. The van der Waals surface area contributed by atoms with E-state index in [1.54, 1.807) is 0 Å². The van der Waals surface area contributed by atoms with Crippen LogP contribution in [0.4, 0.5) is 0 Å². The number of hydrogen-bond acceptors (Lipinski definition) is 2. The molecule has 0 amide bonds. The lowest BCUT2D eigenvalue weighted by atomic mass is 9.93. The maximum atomic E-state index is 10.2. The number of nitrogens with one attached hydrogen (secondary N) is 1. The van der Waals surface area contributed by atoms with Crippen molar-refractivity contribution in [3.8, 4) is 0 Å². The fraction of sp³-hybridized carbons (Fsp3) is 0.538. The molecule has 0 aliphatic carbocycles. The Balaban J connectivity index is 2.88. The highest BCUT2D eigenvalue weighted by molar-refractivity contribution is 5.28. The van der Waals surface area contributed by atoms with Crippen LogP contribution in [0.15, 0.2) is 24.3 Å². The molecule has 1 rings (SSSR count). The smallest absolute Gasteiger partial charge is 0.0992 e. The minimum absolute atomic E-state index is 0.535. The van der Waals surface area contributed by atoms with Crippen LogP contribution in [0.1, 0.15) is 37.8 Å². The molecule has 0 spiro atoms. The zero-order chi connectivity index (χ0) is 11.5. The van der Waals surface area contributed by atoms with Crippen molar-refractivity contribution in [1.82, 2.24) is 5.32 Å². The van der Waals surface area contributed by atoms with E-state index in [0.29, 0.717) is 12.5 Å². The molecule has 1 aromatic carbocycles. The number of aliphatic hydroxyl groups is 1. The van der Waals surface area contributed by atoms with Crippen molar-refractivity contribution in [3.05, 3.63) is 35.4 Å². The molecule has 0 saturated heterocycles. The summed E-state index contributed by atoms with van der Waals surface area (Å²) in [4.78, 5) is 0. The predicted molar refractivity (Wildman–Crippen MR) is 64.0 cm³/mol. The van der Waals surface area contributed by atoms with Gasteiger partial charge in [-0.25, -0.2) is 0 Å². The Morgan fingerprint density at radius 1 is 1.27 bits per heavy atom. The molecular formula is C13H21NO. The van der Waals surface area contributed by atoms with Crippen molar-refractivity contribution in [3.63, 3.8) is 0 Å². The van der Waals surface area contributed by atoms with Gasteiger partial charge in [-0.2, -0.15) is 0 Å². The molecular weight excluding hydrogens is 186 g/mol. The van der Waals surface area contributed by atoms with Gasteiger partial charge in [0.05, 0.1) is 5.60 Å². The SMILES string of the molecule is CNCC(C)(O)c1ccc(C(C)C)cc1. The highest BCUT2D eigenvalue weighted by Crippen LogP contribution is 2.22. The van der Waals surface area contributed by atoms with E-state index in [9.17, 15) is 5.11 Å². The van der Waals surface area contributed by atoms with Gasteiger partial charge in [0.1, 0.15) is 0 Å². The summed E-state index contributed by atoms with van der Waals surface area (Å²) < 4.78 is 0. The van der Waals surface area contributed by atoms with Crippen molar-refractivity contribution < 1.29 is 5.11 Å². The first kappa shape index (κ1) is 12.2. The first-order valence-electron chi connectivity index (χ1n) is 5.45. The second kappa shape index (κ2) is 4.77. The van der Waals surface area contributed by atoms with Gasteiger partial charge in [0.2, 0.25) is 0 Å². The molecule has 0 aliphatic heterocycles. The van der Waals surface area contributed by atoms with Gasteiger partial charge in [0, 0.05) is 6.54 Å². The lowest BCUT2D eigenvalue weighted by Gasteiger charge is -2.23. The zero-order valence-electron chi connectivity index (χ0n) is 10.0.